The van der Waals surface area contributed by atoms with E-state index in [9.17, 15) is 9.59 Å². The maximum atomic E-state index is 11.9. The van der Waals surface area contributed by atoms with Gasteiger partial charge in [-0.1, -0.05) is 35.9 Å². The van der Waals surface area contributed by atoms with Gasteiger partial charge in [-0.05, 0) is 18.6 Å². The van der Waals surface area contributed by atoms with Crippen molar-refractivity contribution in [3.8, 4) is 0 Å². The summed E-state index contributed by atoms with van der Waals surface area (Å²) in [5, 5.41) is 12.0. The molecule has 2 atom stereocenters. The van der Waals surface area contributed by atoms with Gasteiger partial charge >= 0.3 is 5.97 Å². The number of carboxylic acids is 1. The van der Waals surface area contributed by atoms with Gasteiger partial charge in [0.1, 0.15) is 0 Å². The Bertz CT molecular complexity index is 513. The second kappa shape index (κ2) is 5.23. The summed E-state index contributed by atoms with van der Waals surface area (Å²) in [4.78, 5) is 22.7. The molecule has 1 amide bonds. The maximum Gasteiger partial charge on any atom is 0.310 e. The van der Waals surface area contributed by atoms with E-state index in [-0.39, 0.29) is 11.9 Å². The molecule has 2 N–H and O–H groups in total. The highest BCUT2D eigenvalue weighted by atomic mass is 35.5. The summed E-state index contributed by atoms with van der Waals surface area (Å²) in [5.74, 6) is -1.69. The molecular formula is C13H12ClNO3. The monoisotopic (exact) mass is 265 g/mol. The Morgan fingerprint density at radius 2 is 2.00 bits per heavy atom. The second-order valence-corrected chi connectivity index (χ2v) is 4.53. The Kier molecular flexibility index (Phi) is 3.67. The molecule has 1 aliphatic rings. The first-order valence-corrected chi connectivity index (χ1v) is 5.92. The van der Waals surface area contributed by atoms with Gasteiger partial charge in [0.2, 0.25) is 0 Å². The lowest BCUT2D eigenvalue weighted by Gasteiger charge is -2.12. The highest BCUT2D eigenvalue weighted by molar-refractivity contribution is 6.33. The Morgan fingerprint density at radius 3 is 2.61 bits per heavy atom. The van der Waals surface area contributed by atoms with Crippen LogP contribution in [0.4, 0.5) is 0 Å². The lowest BCUT2D eigenvalue weighted by atomic mass is 10.1. The molecule has 0 aromatic heterocycles. The molecule has 5 heteroatoms. The van der Waals surface area contributed by atoms with Crippen LogP contribution in [0.15, 0.2) is 36.4 Å². The van der Waals surface area contributed by atoms with Crippen LogP contribution in [0.25, 0.3) is 0 Å². The van der Waals surface area contributed by atoms with Gasteiger partial charge in [0, 0.05) is 6.04 Å². The van der Waals surface area contributed by atoms with E-state index < -0.39 is 11.9 Å². The number of benzene rings is 1. The molecule has 2 unspecified atom stereocenters. The van der Waals surface area contributed by atoms with Crippen molar-refractivity contribution in [2.75, 3.05) is 0 Å². The molecule has 94 valence electrons. The van der Waals surface area contributed by atoms with Crippen LogP contribution in [0.3, 0.4) is 0 Å². The first kappa shape index (κ1) is 12.6. The third kappa shape index (κ3) is 2.71. The van der Waals surface area contributed by atoms with Crippen molar-refractivity contribution in [2.45, 2.75) is 12.5 Å². The lowest BCUT2D eigenvalue weighted by Crippen LogP contribution is -2.33. The van der Waals surface area contributed by atoms with Crippen molar-refractivity contribution < 1.29 is 14.7 Å². The molecule has 0 bridgehead atoms. The zero-order chi connectivity index (χ0) is 13.1. The van der Waals surface area contributed by atoms with Gasteiger partial charge in [-0.3, -0.25) is 9.59 Å². The van der Waals surface area contributed by atoms with E-state index in [0.717, 1.165) is 0 Å². The van der Waals surface area contributed by atoms with Gasteiger partial charge in [0.05, 0.1) is 16.5 Å². The number of carbonyl (C=O) groups excluding carboxylic acids is 1. The number of halogens is 1. The van der Waals surface area contributed by atoms with Crippen molar-refractivity contribution >= 4 is 23.5 Å². The predicted molar refractivity (Wildman–Crippen MR) is 67.6 cm³/mol. The lowest BCUT2D eigenvalue weighted by molar-refractivity contribution is -0.140. The van der Waals surface area contributed by atoms with Crippen molar-refractivity contribution in [3.05, 3.63) is 47.0 Å². The highest BCUT2D eigenvalue weighted by Crippen LogP contribution is 2.20. The van der Waals surface area contributed by atoms with Crippen LogP contribution in [0.2, 0.25) is 5.02 Å². The first-order chi connectivity index (χ1) is 8.58. The topological polar surface area (TPSA) is 66.4 Å². The quantitative estimate of drug-likeness (QED) is 0.823. The molecule has 1 aromatic rings. The average Bonchev–Trinajstić information content (AvgIpc) is 2.78. The van der Waals surface area contributed by atoms with E-state index in [0.29, 0.717) is 17.0 Å². The van der Waals surface area contributed by atoms with Crippen LogP contribution >= 0.6 is 11.6 Å². The molecule has 1 aliphatic carbocycles. The minimum atomic E-state index is -0.874. The van der Waals surface area contributed by atoms with Crippen molar-refractivity contribution in [3.63, 3.8) is 0 Å². The molecule has 0 saturated carbocycles. The molecule has 0 aliphatic heterocycles. The van der Waals surface area contributed by atoms with Gasteiger partial charge < -0.3 is 10.4 Å². The van der Waals surface area contributed by atoms with Crippen LogP contribution in [0, 0.1) is 5.92 Å². The summed E-state index contributed by atoms with van der Waals surface area (Å²) in [6, 6.07) is 6.49. The molecule has 1 aromatic carbocycles. The fourth-order valence-corrected chi connectivity index (χ4v) is 2.10. The fourth-order valence-electron chi connectivity index (χ4n) is 1.88. The van der Waals surface area contributed by atoms with E-state index in [2.05, 4.69) is 5.32 Å². The van der Waals surface area contributed by atoms with E-state index in [1.165, 1.54) is 0 Å². The normalized spacial score (nSPS) is 21.8. The number of hydrogen-bond acceptors (Lipinski definition) is 2. The standard InChI is InChI=1S/C13H12ClNO3/c14-11-4-2-1-3-10(11)12(16)15-9-6-5-8(7-9)13(17)18/h1-6,8-9H,7H2,(H,15,16)(H,17,18). The minimum absolute atomic E-state index is 0.255. The molecule has 18 heavy (non-hydrogen) atoms. The fraction of sp³-hybridized carbons (Fsp3) is 0.231. The number of rotatable bonds is 3. The Labute approximate surface area is 109 Å². The molecule has 0 radical (unpaired) electrons. The van der Waals surface area contributed by atoms with Gasteiger partial charge in [-0.2, -0.15) is 0 Å². The molecule has 0 heterocycles. The van der Waals surface area contributed by atoms with Crippen LogP contribution < -0.4 is 5.32 Å². The van der Waals surface area contributed by atoms with Crippen LogP contribution in [0.5, 0.6) is 0 Å². The second-order valence-electron chi connectivity index (χ2n) is 4.13. The van der Waals surface area contributed by atoms with Crippen molar-refractivity contribution in [1.82, 2.24) is 5.32 Å². The predicted octanol–water partition coefficient (Wildman–Crippen LogP) is 2.10. The molecule has 0 saturated heterocycles. The van der Waals surface area contributed by atoms with E-state index in [1.807, 2.05) is 0 Å². The largest absolute Gasteiger partial charge is 0.481 e. The third-order valence-corrected chi connectivity index (χ3v) is 3.17. The number of carbonyl (C=O) groups is 2. The molecule has 0 spiro atoms. The van der Waals surface area contributed by atoms with Crippen molar-refractivity contribution in [2.24, 2.45) is 5.92 Å². The zero-order valence-electron chi connectivity index (χ0n) is 9.47. The number of carboxylic acid groups (broad SMARTS) is 1. The Balaban J connectivity index is 2.00. The molecular weight excluding hydrogens is 254 g/mol. The van der Waals surface area contributed by atoms with Crippen molar-refractivity contribution in [1.29, 1.82) is 0 Å². The van der Waals surface area contributed by atoms with Gasteiger partial charge in [-0.15, -0.1) is 0 Å². The SMILES string of the molecule is O=C(NC1C=CC(C(=O)O)C1)c1ccccc1Cl. The summed E-state index contributed by atoms with van der Waals surface area (Å²) < 4.78 is 0. The Morgan fingerprint density at radius 1 is 1.28 bits per heavy atom. The van der Waals surface area contributed by atoms with E-state index in [1.54, 1.807) is 36.4 Å². The van der Waals surface area contributed by atoms with Crippen LogP contribution in [-0.2, 0) is 4.79 Å². The number of aliphatic carboxylic acids is 1. The first-order valence-electron chi connectivity index (χ1n) is 5.54. The summed E-state index contributed by atoms with van der Waals surface area (Å²) in [6.07, 6.45) is 3.68. The van der Waals surface area contributed by atoms with E-state index in [4.69, 9.17) is 16.7 Å². The summed E-state index contributed by atoms with van der Waals surface area (Å²) in [7, 11) is 0. The Hall–Kier alpha value is -1.81. The van der Waals surface area contributed by atoms with Gasteiger partial charge in [0.15, 0.2) is 0 Å². The molecule has 4 nitrogen and oxygen atoms in total. The van der Waals surface area contributed by atoms with Gasteiger partial charge in [-0.25, -0.2) is 0 Å². The van der Waals surface area contributed by atoms with Crippen LogP contribution in [-0.4, -0.2) is 23.0 Å². The van der Waals surface area contributed by atoms with Crippen LogP contribution in [0.1, 0.15) is 16.8 Å². The zero-order valence-corrected chi connectivity index (χ0v) is 10.2. The number of amides is 1. The highest BCUT2D eigenvalue weighted by Gasteiger charge is 2.25. The third-order valence-electron chi connectivity index (χ3n) is 2.84. The van der Waals surface area contributed by atoms with E-state index >= 15 is 0 Å². The number of nitrogens with one attached hydrogen (secondary N) is 1. The maximum absolute atomic E-state index is 11.9. The summed E-state index contributed by atoms with van der Waals surface area (Å²) >= 11 is 5.91. The minimum Gasteiger partial charge on any atom is -0.481 e. The molecule has 0 fully saturated rings. The molecule has 2 rings (SSSR count). The summed E-state index contributed by atoms with van der Waals surface area (Å²) in [5.41, 5.74) is 0.395. The summed E-state index contributed by atoms with van der Waals surface area (Å²) in [6.45, 7) is 0. The van der Waals surface area contributed by atoms with Gasteiger partial charge in [0.25, 0.3) is 5.91 Å². The number of hydrogen-bond donors (Lipinski definition) is 2. The average molecular weight is 266 g/mol. The smallest absolute Gasteiger partial charge is 0.310 e.